The van der Waals surface area contributed by atoms with Crippen molar-refractivity contribution >= 4 is 11.9 Å². The molecule has 0 radical (unpaired) electrons. The fourth-order valence-electron chi connectivity index (χ4n) is 1.87. The van der Waals surface area contributed by atoms with E-state index in [1.165, 1.54) is 0 Å². The second-order valence-corrected chi connectivity index (χ2v) is 4.65. The van der Waals surface area contributed by atoms with Crippen molar-refractivity contribution in [2.24, 2.45) is 5.41 Å². The van der Waals surface area contributed by atoms with Crippen LogP contribution in [-0.4, -0.2) is 40.6 Å². The lowest BCUT2D eigenvalue weighted by atomic mass is 9.91. The number of carboxylic acid groups (broad SMARTS) is 1. The van der Waals surface area contributed by atoms with E-state index in [-0.39, 0.29) is 13.0 Å². The van der Waals surface area contributed by atoms with Gasteiger partial charge in [0.2, 0.25) is 0 Å². The summed E-state index contributed by atoms with van der Waals surface area (Å²) < 4.78 is 36.6. The van der Waals surface area contributed by atoms with Gasteiger partial charge in [-0.05, 0) is 11.8 Å². The zero-order valence-electron chi connectivity index (χ0n) is 8.84. The molecule has 1 amide bonds. The molecule has 1 rings (SSSR count). The number of halogens is 3. The van der Waals surface area contributed by atoms with Crippen LogP contribution in [0.25, 0.3) is 0 Å². The number of carbonyl (C=O) groups excluding carboxylic acids is 1. The second kappa shape index (κ2) is 3.64. The summed E-state index contributed by atoms with van der Waals surface area (Å²) in [5.41, 5.74) is -0.607. The summed E-state index contributed by atoms with van der Waals surface area (Å²) in [5.74, 6) is -3.48. The average molecular weight is 239 g/mol. The van der Waals surface area contributed by atoms with Crippen molar-refractivity contribution in [1.29, 1.82) is 0 Å². The molecule has 1 saturated heterocycles. The summed E-state index contributed by atoms with van der Waals surface area (Å²) in [4.78, 5) is 22.2. The number of likely N-dealkylation sites (tertiary alicyclic amines) is 1. The van der Waals surface area contributed by atoms with Gasteiger partial charge in [-0.25, -0.2) is 4.79 Å². The number of hydrogen-bond donors (Lipinski definition) is 1. The summed E-state index contributed by atoms with van der Waals surface area (Å²) in [7, 11) is 0. The van der Waals surface area contributed by atoms with Gasteiger partial charge in [0.05, 0.1) is 0 Å². The van der Waals surface area contributed by atoms with Crippen molar-refractivity contribution in [2.75, 3.05) is 6.54 Å². The molecule has 1 N–H and O–H groups in total. The Morgan fingerprint density at radius 3 is 2.25 bits per heavy atom. The first-order chi connectivity index (χ1) is 7.04. The van der Waals surface area contributed by atoms with E-state index >= 15 is 0 Å². The highest BCUT2D eigenvalue weighted by Gasteiger charge is 2.51. The molecule has 16 heavy (non-hydrogen) atoms. The number of alkyl halides is 3. The summed E-state index contributed by atoms with van der Waals surface area (Å²) in [5, 5.41) is 8.77. The fraction of sp³-hybridized carbons (Fsp3) is 0.778. The van der Waals surface area contributed by atoms with E-state index in [9.17, 15) is 22.8 Å². The van der Waals surface area contributed by atoms with Crippen LogP contribution < -0.4 is 0 Å². The number of hydrogen-bond acceptors (Lipinski definition) is 2. The number of rotatable bonds is 1. The van der Waals surface area contributed by atoms with Crippen LogP contribution in [0, 0.1) is 5.41 Å². The summed E-state index contributed by atoms with van der Waals surface area (Å²) in [6, 6.07) is -1.39. The molecule has 0 unspecified atom stereocenters. The second-order valence-electron chi connectivity index (χ2n) is 4.65. The van der Waals surface area contributed by atoms with Crippen LogP contribution >= 0.6 is 0 Å². The lowest BCUT2D eigenvalue weighted by molar-refractivity contribution is -0.188. The molecule has 0 saturated carbocycles. The van der Waals surface area contributed by atoms with Gasteiger partial charge in [0, 0.05) is 6.54 Å². The van der Waals surface area contributed by atoms with E-state index in [1.807, 2.05) is 0 Å². The van der Waals surface area contributed by atoms with Gasteiger partial charge >= 0.3 is 18.1 Å². The van der Waals surface area contributed by atoms with E-state index in [0.29, 0.717) is 4.90 Å². The minimum absolute atomic E-state index is 0.0319. The van der Waals surface area contributed by atoms with Gasteiger partial charge in [-0.15, -0.1) is 0 Å². The molecule has 1 aliphatic rings. The molecular weight excluding hydrogens is 227 g/mol. The molecule has 0 aromatic heterocycles. The van der Waals surface area contributed by atoms with Crippen molar-refractivity contribution in [3.63, 3.8) is 0 Å². The first kappa shape index (κ1) is 12.8. The molecule has 0 aromatic carbocycles. The van der Waals surface area contributed by atoms with Gasteiger partial charge < -0.3 is 10.0 Å². The van der Waals surface area contributed by atoms with E-state index < -0.39 is 29.5 Å². The van der Waals surface area contributed by atoms with Crippen LogP contribution in [-0.2, 0) is 9.59 Å². The minimum atomic E-state index is -5.02. The van der Waals surface area contributed by atoms with Gasteiger partial charge in [0.15, 0.2) is 0 Å². The first-order valence-corrected chi connectivity index (χ1v) is 4.65. The Balaban J connectivity index is 2.95. The minimum Gasteiger partial charge on any atom is -0.480 e. The zero-order valence-corrected chi connectivity index (χ0v) is 8.84. The van der Waals surface area contributed by atoms with Crippen molar-refractivity contribution in [1.82, 2.24) is 4.90 Å². The molecule has 1 heterocycles. The highest BCUT2D eigenvalue weighted by atomic mass is 19.4. The molecule has 92 valence electrons. The molecule has 0 aromatic rings. The Morgan fingerprint density at radius 1 is 1.38 bits per heavy atom. The summed E-state index contributed by atoms with van der Waals surface area (Å²) >= 11 is 0. The van der Waals surface area contributed by atoms with E-state index in [0.717, 1.165) is 0 Å². The maximum atomic E-state index is 12.2. The van der Waals surface area contributed by atoms with Crippen LogP contribution in [0.3, 0.4) is 0 Å². The molecule has 0 bridgehead atoms. The Hall–Kier alpha value is -1.27. The van der Waals surface area contributed by atoms with Gasteiger partial charge in [-0.3, -0.25) is 4.79 Å². The third kappa shape index (κ3) is 2.45. The maximum Gasteiger partial charge on any atom is 0.471 e. The van der Waals surface area contributed by atoms with Gasteiger partial charge in [0.25, 0.3) is 0 Å². The molecule has 1 fully saturated rings. The monoisotopic (exact) mass is 239 g/mol. The number of amides is 1. The van der Waals surface area contributed by atoms with Crippen LogP contribution in [0.2, 0.25) is 0 Å². The molecule has 1 atom stereocenters. The molecule has 1 aliphatic heterocycles. The Kier molecular flexibility index (Phi) is 2.91. The zero-order chi connectivity index (χ0) is 12.7. The highest BCUT2D eigenvalue weighted by molar-refractivity contribution is 5.87. The molecular formula is C9H12F3NO3. The maximum absolute atomic E-state index is 12.2. The number of carbonyl (C=O) groups is 2. The lowest BCUT2D eigenvalue weighted by Gasteiger charge is -2.23. The predicted molar refractivity (Wildman–Crippen MR) is 47.6 cm³/mol. The molecule has 4 nitrogen and oxygen atoms in total. The van der Waals surface area contributed by atoms with E-state index in [2.05, 4.69) is 0 Å². The molecule has 7 heteroatoms. The largest absolute Gasteiger partial charge is 0.480 e. The molecule has 0 aliphatic carbocycles. The van der Waals surface area contributed by atoms with Crippen LogP contribution in [0.4, 0.5) is 13.2 Å². The van der Waals surface area contributed by atoms with Crippen molar-refractivity contribution < 1.29 is 27.9 Å². The fourth-order valence-corrected chi connectivity index (χ4v) is 1.87. The summed E-state index contributed by atoms with van der Waals surface area (Å²) in [6.07, 6.45) is -4.99. The molecule has 0 spiro atoms. The van der Waals surface area contributed by atoms with Gasteiger partial charge in [0.1, 0.15) is 6.04 Å². The topological polar surface area (TPSA) is 57.6 Å². The third-order valence-corrected chi connectivity index (χ3v) is 2.51. The van der Waals surface area contributed by atoms with Crippen molar-refractivity contribution in [3.8, 4) is 0 Å². The van der Waals surface area contributed by atoms with Crippen molar-refractivity contribution in [3.05, 3.63) is 0 Å². The Labute approximate surface area is 90.0 Å². The van der Waals surface area contributed by atoms with Gasteiger partial charge in [-0.1, -0.05) is 13.8 Å². The first-order valence-electron chi connectivity index (χ1n) is 4.65. The van der Waals surface area contributed by atoms with Crippen LogP contribution in [0.5, 0.6) is 0 Å². The van der Waals surface area contributed by atoms with Crippen LogP contribution in [0.1, 0.15) is 20.3 Å². The van der Waals surface area contributed by atoms with Crippen LogP contribution in [0.15, 0.2) is 0 Å². The van der Waals surface area contributed by atoms with E-state index in [1.54, 1.807) is 13.8 Å². The Morgan fingerprint density at radius 2 is 1.88 bits per heavy atom. The number of carboxylic acids is 1. The predicted octanol–water partition coefficient (Wildman–Crippen LogP) is 1.26. The van der Waals surface area contributed by atoms with E-state index in [4.69, 9.17) is 5.11 Å². The number of nitrogens with zero attached hydrogens (tertiary/aromatic N) is 1. The SMILES string of the molecule is CC1(C)C[C@@H](C(=O)O)N(C(=O)C(F)(F)F)C1. The average Bonchev–Trinajstić information content (AvgIpc) is 2.38. The van der Waals surface area contributed by atoms with Crippen molar-refractivity contribution in [2.45, 2.75) is 32.5 Å². The summed E-state index contributed by atoms with van der Waals surface area (Å²) in [6.45, 7) is 3.07. The Bertz CT molecular complexity index is 324. The quantitative estimate of drug-likeness (QED) is 0.749. The number of aliphatic carboxylic acids is 1. The van der Waals surface area contributed by atoms with Gasteiger partial charge in [-0.2, -0.15) is 13.2 Å². The normalized spacial score (nSPS) is 24.6. The standard InChI is InChI=1S/C9H12F3NO3/c1-8(2)3-5(6(14)15)13(4-8)7(16)9(10,11)12/h5H,3-4H2,1-2H3,(H,14,15)/t5-/m0/s1. The smallest absolute Gasteiger partial charge is 0.471 e. The highest BCUT2D eigenvalue weighted by Crippen LogP contribution is 2.36. The lowest BCUT2D eigenvalue weighted by Crippen LogP contribution is -2.47. The third-order valence-electron chi connectivity index (χ3n) is 2.51.